The van der Waals surface area contributed by atoms with Gasteiger partial charge in [0.25, 0.3) is 0 Å². The fourth-order valence-corrected chi connectivity index (χ4v) is 5.39. The molecule has 0 spiro atoms. The van der Waals surface area contributed by atoms with Gasteiger partial charge in [0.1, 0.15) is 0 Å². The van der Waals surface area contributed by atoms with E-state index < -0.39 is 10.0 Å². The van der Waals surface area contributed by atoms with Crippen molar-refractivity contribution in [3.8, 4) is 0 Å². The van der Waals surface area contributed by atoms with Crippen LogP contribution in [-0.2, 0) is 35.6 Å². The SMILES string of the molecule is O=C(CCc1ccc(S(=O)(=O)N2CCOCC2)cc1)Nc1ccc(N2C(=O)CCCC2=O)cc1. The van der Waals surface area contributed by atoms with Gasteiger partial charge in [-0.1, -0.05) is 12.1 Å². The van der Waals surface area contributed by atoms with Crippen molar-refractivity contribution in [2.75, 3.05) is 36.5 Å². The van der Waals surface area contributed by atoms with E-state index in [4.69, 9.17) is 4.74 Å². The van der Waals surface area contributed by atoms with Gasteiger partial charge in [0.15, 0.2) is 0 Å². The van der Waals surface area contributed by atoms with E-state index in [2.05, 4.69) is 5.32 Å². The first-order valence-electron chi connectivity index (χ1n) is 11.3. The predicted molar refractivity (Wildman–Crippen MR) is 126 cm³/mol. The lowest BCUT2D eigenvalue weighted by Crippen LogP contribution is -2.40. The molecule has 2 saturated heterocycles. The third-order valence-electron chi connectivity index (χ3n) is 5.86. The van der Waals surface area contributed by atoms with E-state index in [0.29, 0.717) is 63.4 Å². The van der Waals surface area contributed by atoms with Crippen LogP contribution in [0.25, 0.3) is 0 Å². The largest absolute Gasteiger partial charge is 0.379 e. The molecule has 0 aromatic heterocycles. The Hall–Kier alpha value is -3.08. The van der Waals surface area contributed by atoms with E-state index in [0.717, 1.165) is 5.56 Å². The quantitative estimate of drug-likeness (QED) is 0.603. The maximum atomic E-state index is 12.7. The fourth-order valence-electron chi connectivity index (χ4n) is 3.98. The molecule has 10 heteroatoms. The molecule has 0 atom stereocenters. The summed E-state index contributed by atoms with van der Waals surface area (Å²) in [4.78, 5) is 37.9. The van der Waals surface area contributed by atoms with Gasteiger partial charge < -0.3 is 10.1 Å². The number of rotatable bonds is 7. The van der Waals surface area contributed by atoms with E-state index in [1.807, 2.05) is 0 Å². The number of aryl methyl sites for hydroxylation is 1. The highest BCUT2D eigenvalue weighted by molar-refractivity contribution is 7.89. The van der Waals surface area contributed by atoms with Gasteiger partial charge in [-0.05, 0) is 54.8 Å². The first-order chi connectivity index (χ1) is 16.3. The summed E-state index contributed by atoms with van der Waals surface area (Å²) in [5.41, 5.74) is 1.92. The Balaban J connectivity index is 1.30. The van der Waals surface area contributed by atoms with Crippen LogP contribution in [0.5, 0.6) is 0 Å². The number of anilines is 2. The molecule has 2 fully saturated rings. The van der Waals surface area contributed by atoms with Crippen LogP contribution in [0, 0.1) is 0 Å². The maximum Gasteiger partial charge on any atom is 0.243 e. The lowest BCUT2D eigenvalue weighted by atomic mass is 10.1. The summed E-state index contributed by atoms with van der Waals surface area (Å²) in [5, 5.41) is 2.80. The normalized spacial score (nSPS) is 17.6. The van der Waals surface area contributed by atoms with Gasteiger partial charge in [0.05, 0.1) is 23.8 Å². The summed E-state index contributed by atoms with van der Waals surface area (Å²) in [6.07, 6.45) is 1.96. The Morgan fingerprint density at radius 1 is 0.912 bits per heavy atom. The number of hydrogen-bond donors (Lipinski definition) is 1. The number of nitrogens with one attached hydrogen (secondary N) is 1. The van der Waals surface area contributed by atoms with Crippen LogP contribution < -0.4 is 10.2 Å². The molecule has 9 nitrogen and oxygen atoms in total. The van der Waals surface area contributed by atoms with Gasteiger partial charge in [0, 0.05) is 38.0 Å². The lowest BCUT2D eigenvalue weighted by Gasteiger charge is -2.26. The number of carbonyl (C=O) groups is 3. The van der Waals surface area contributed by atoms with Crippen molar-refractivity contribution >= 4 is 39.1 Å². The van der Waals surface area contributed by atoms with Gasteiger partial charge in [0.2, 0.25) is 27.7 Å². The first kappa shape index (κ1) is 24.1. The Kier molecular flexibility index (Phi) is 7.40. The van der Waals surface area contributed by atoms with Crippen molar-refractivity contribution in [2.24, 2.45) is 0 Å². The highest BCUT2D eigenvalue weighted by Gasteiger charge is 2.27. The third kappa shape index (κ3) is 5.52. The average molecular weight is 486 g/mol. The number of amides is 3. The highest BCUT2D eigenvalue weighted by Crippen LogP contribution is 2.24. The zero-order valence-corrected chi connectivity index (χ0v) is 19.6. The Morgan fingerprint density at radius 3 is 2.15 bits per heavy atom. The smallest absolute Gasteiger partial charge is 0.243 e. The second-order valence-electron chi connectivity index (χ2n) is 8.23. The molecular weight excluding hydrogens is 458 g/mol. The Morgan fingerprint density at radius 2 is 1.53 bits per heavy atom. The van der Waals surface area contributed by atoms with Crippen LogP contribution in [0.1, 0.15) is 31.2 Å². The fraction of sp³-hybridized carbons (Fsp3) is 0.375. The Labute approximate surface area is 198 Å². The molecule has 34 heavy (non-hydrogen) atoms. The molecular formula is C24H27N3O6S. The van der Waals surface area contributed by atoms with Gasteiger partial charge in [-0.25, -0.2) is 8.42 Å². The molecule has 0 bridgehead atoms. The molecule has 0 radical (unpaired) electrons. The molecule has 0 unspecified atom stereocenters. The number of imide groups is 1. The summed E-state index contributed by atoms with van der Waals surface area (Å²) < 4.78 is 32.0. The minimum absolute atomic E-state index is 0.192. The molecule has 0 aliphatic carbocycles. The predicted octanol–water partition coefficient (Wildman–Crippen LogP) is 2.32. The molecule has 1 N–H and O–H groups in total. The molecule has 2 heterocycles. The number of sulfonamides is 1. The van der Waals surface area contributed by atoms with E-state index in [9.17, 15) is 22.8 Å². The molecule has 2 aliphatic rings. The van der Waals surface area contributed by atoms with Crippen molar-refractivity contribution in [3.05, 3.63) is 54.1 Å². The lowest BCUT2D eigenvalue weighted by molar-refractivity contribution is -0.129. The minimum atomic E-state index is -3.54. The van der Waals surface area contributed by atoms with Crippen LogP contribution in [0.4, 0.5) is 11.4 Å². The Bertz CT molecular complexity index is 1140. The maximum absolute atomic E-state index is 12.7. The van der Waals surface area contributed by atoms with Gasteiger partial charge in [-0.2, -0.15) is 4.31 Å². The van der Waals surface area contributed by atoms with E-state index in [1.54, 1.807) is 48.5 Å². The molecule has 4 rings (SSSR count). The second kappa shape index (κ2) is 10.5. The van der Waals surface area contributed by atoms with E-state index in [1.165, 1.54) is 9.21 Å². The number of hydrogen-bond acceptors (Lipinski definition) is 6. The zero-order valence-electron chi connectivity index (χ0n) is 18.7. The van der Waals surface area contributed by atoms with E-state index in [-0.39, 0.29) is 29.0 Å². The molecule has 2 aromatic carbocycles. The van der Waals surface area contributed by atoms with Gasteiger partial charge in [-0.3, -0.25) is 19.3 Å². The van der Waals surface area contributed by atoms with Crippen LogP contribution in [0.15, 0.2) is 53.4 Å². The minimum Gasteiger partial charge on any atom is -0.379 e. The number of ether oxygens (including phenoxy) is 1. The standard InChI is InChI=1S/C24H27N3O6S/c28-22(25-19-7-9-20(10-8-19)27-23(29)2-1-3-24(27)30)13-6-18-4-11-21(12-5-18)34(31,32)26-14-16-33-17-15-26/h4-5,7-12H,1-3,6,13-17H2,(H,25,28). The van der Waals surface area contributed by atoms with Gasteiger partial charge >= 0.3 is 0 Å². The highest BCUT2D eigenvalue weighted by atomic mass is 32.2. The molecule has 0 saturated carbocycles. The van der Waals surface area contributed by atoms with Crippen LogP contribution >= 0.6 is 0 Å². The molecule has 2 aromatic rings. The van der Waals surface area contributed by atoms with Crippen molar-refractivity contribution in [2.45, 2.75) is 37.0 Å². The topological polar surface area (TPSA) is 113 Å². The van der Waals surface area contributed by atoms with Crippen molar-refractivity contribution in [3.63, 3.8) is 0 Å². The van der Waals surface area contributed by atoms with Crippen molar-refractivity contribution < 1.29 is 27.5 Å². The van der Waals surface area contributed by atoms with Gasteiger partial charge in [-0.15, -0.1) is 0 Å². The number of carbonyl (C=O) groups excluding carboxylic acids is 3. The number of morpholine rings is 1. The summed E-state index contributed by atoms with van der Waals surface area (Å²) in [6, 6.07) is 13.2. The second-order valence-corrected chi connectivity index (χ2v) is 10.2. The molecule has 180 valence electrons. The molecule has 3 amide bonds. The zero-order chi connectivity index (χ0) is 24.1. The van der Waals surface area contributed by atoms with Crippen LogP contribution in [0.2, 0.25) is 0 Å². The third-order valence-corrected chi connectivity index (χ3v) is 7.77. The van der Waals surface area contributed by atoms with Crippen molar-refractivity contribution in [1.29, 1.82) is 0 Å². The van der Waals surface area contributed by atoms with E-state index >= 15 is 0 Å². The molecule has 2 aliphatic heterocycles. The van der Waals surface area contributed by atoms with Crippen molar-refractivity contribution in [1.82, 2.24) is 4.31 Å². The first-order valence-corrected chi connectivity index (χ1v) is 12.7. The average Bonchev–Trinajstić information content (AvgIpc) is 2.84. The summed E-state index contributed by atoms with van der Waals surface area (Å²) in [7, 11) is -3.54. The summed E-state index contributed by atoms with van der Waals surface area (Å²) in [6.45, 7) is 1.47. The summed E-state index contributed by atoms with van der Waals surface area (Å²) >= 11 is 0. The number of benzene rings is 2. The number of piperidine rings is 1. The van der Waals surface area contributed by atoms with Crippen LogP contribution in [0.3, 0.4) is 0 Å². The van der Waals surface area contributed by atoms with Crippen LogP contribution in [-0.4, -0.2) is 56.7 Å². The monoisotopic (exact) mass is 485 g/mol. The number of nitrogens with zero attached hydrogens (tertiary/aromatic N) is 2. The summed E-state index contributed by atoms with van der Waals surface area (Å²) in [5.74, 6) is -0.614.